The molecular formula is C15H17N3O3. The Morgan fingerprint density at radius 2 is 2.19 bits per heavy atom. The van der Waals surface area contributed by atoms with E-state index in [1.807, 2.05) is 35.0 Å². The van der Waals surface area contributed by atoms with Gasteiger partial charge in [-0.25, -0.2) is 9.78 Å². The maximum absolute atomic E-state index is 11.3. The van der Waals surface area contributed by atoms with Gasteiger partial charge >= 0.3 is 6.09 Å². The number of likely N-dealkylation sites (tertiary alicyclic amines) is 1. The number of aliphatic hydroxyl groups is 1. The molecule has 1 aliphatic rings. The standard InChI is InChI=1S/C15H17N3O3/c19-10-11-4-1-2-5-12(11)17-9-7-16-14(17)13-6-3-8-18(13)15(20)21/h1-2,4-5,7,9,13,19H,3,6,8,10H2,(H,20,21)/t13-/m0/s1. The minimum atomic E-state index is -0.914. The number of nitrogens with zero attached hydrogens (tertiary/aromatic N) is 3. The fraction of sp³-hybridized carbons (Fsp3) is 0.333. The first kappa shape index (κ1) is 13.6. The van der Waals surface area contributed by atoms with E-state index in [-0.39, 0.29) is 12.6 Å². The highest BCUT2D eigenvalue weighted by Crippen LogP contribution is 2.32. The van der Waals surface area contributed by atoms with Crippen molar-refractivity contribution in [2.75, 3.05) is 6.54 Å². The van der Waals surface area contributed by atoms with E-state index in [2.05, 4.69) is 4.98 Å². The molecule has 1 aliphatic heterocycles. The number of hydrogen-bond donors (Lipinski definition) is 2. The van der Waals surface area contributed by atoms with Crippen LogP contribution in [0.3, 0.4) is 0 Å². The molecule has 2 aromatic rings. The van der Waals surface area contributed by atoms with Gasteiger partial charge < -0.3 is 14.8 Å². The summed E-state index contributed by atoms with van der Waals surface area (Å²) in [6, 6.07) is 7.27. The summed E-state index contributed by atoms with van der Waals surface area (Å²) >= 11 is 0. The number of hydrogen-bond acceptors (Lipinski definition) is 3. The fourth-order valence-corrected chi connectivity index (χ4v) is 2.91. The lowest BCUT2D eigenvalue weighted by molar-refractivity contribution is 0.138. The van der Waals surface area contributed by atoms with Crippen molar-refractivity contribution in [3.63, 3.8) is 0 Å². The lowest BCUT2D eigenvalue weighted by atomic mass is 10.1. The van der Waals surface area contributed by atoms with Crippen molar-refractivity contribution in [2.45, 2.75) is 25.5 Å². The van der Waals surface area contributed by atoms with Crippen LogP contribution in [0.2, 0.25) is 0 Å². The van der Waals surface area contributed by atoms with Gasteiger partial charge in [-0.05, 0) is 18.9 Å². The highest BCUT2D eigenvalue weighted by atomic mass is 16.4. The topological polar surface area (TPSA) is 78.6 Å². The number of aromatic nitrogens is 2. The maximum Gasteiger partial charge on any atom is 0.407 e. The summed E-state index contributed by atoms with van der Waals surface area (Å²) in [4.78, 5) is 17.1. The van der Waals surface area contributed by atoms with Crippen molar-refractivity contribution in [2.24, 2.45) is 0 Å². The highest BCUT2D eigenvalue weighted by Gasteiger charge is 2.33. The SMILES string of the molecule is O=C(O)N1CCC[C@H]1c1nccn1-c1ccccc1CO. The number of benzene rings is 1. The molecule has 1 fully saturated rings. The zero-order chi connectivity index (χ0) is 14.8. The minimum Gasteiger partial charge on any atom is -0.465 e. The van der Waals surface area contributed by atoms with Crippen LogP contribution in [0.25, 0.3) is 5.69 Å². The van der Waals surface area contributed by atoms with E-state index < -0.39 is 6.09 Å². The van der Waals surface area contributed by atoms with Crippen molar-refractivity contribution in [1.29, 1.82) is 0 Å². The molecule has 1 amide bonds. The van der Waals surface area contributed by atoms with Crippen molar-refractivity contribution in [3.05, 3.63) is 48.0 Å². The molecule has 0 saturated carbocycles. The first-order valence-corrected chi connectivity index (χ1v) is 6.94. The van der Waals surface area contributed by atoms with Crippen LogP contribution in [-0.4, -0.2) is 37.3 Å². The molecule has 0 aliphatic carbocycles. The molecular weight excluding hydrogens is 270 g/mol. The Labute approximate surface area is 122 Å². The number of imidazole rings is 1. The van der Waals surface area contributed by atoms with Gasteiger partial charge in [0.25, 0.3) is 0 Å². The predicted molar refractivity (Wildman–Crippen MR) is 76.2 cm³/mol. The summed E-state index contributed by atoms with van der Waals surface area (Å²) in [7, 11) is 0. The second kappa shape index (κ2) is 5.57. The van der Waals surface area contributed by atoms with Gasteiger partial charge in [0.2, 0.25) is 0 Å². The zero-order valence-electron chi connectivity index (χ0n) is 11.5. The average molecular weight is 287 g/mol. The Kier molecular flexibility index (Phi) is 3.62. The predicted octanol–water partition coefficient (Wildman–Crippen LogP) is 2.18. The van der Waals surface area contributed by atoms with Crippen LogP contribution < -0.4 is 0 Å². The molecule has 1 atom stereocenters. The summed E-state index contributed by atoms with van der Waals surface area (Å²) in [5.41, 5.74) is 1.63. The number of carboxylic acid groups (broad SMARTS) is 1. The molecule has 2 N–H and O–H groups in total. The Morgan fingerprint density at radius 1 is 1.38 bits per heavy atom. The Balaban J connectivity index is 2.03. The van der Waals surface area contributed by atoms with Crippen LogP contribution >= 0.6 is 0 Å². The third-order valence-electron chi connectivity index (χ3n) is 3.89. The first-order valence-electron chi connectivity index (χ1n) is 6.94. The van der Waals surface area contributed by atoms with E-state index in [1.165, 1.54) is 4.90 Å². The number of carbonyl (C=O) groups is 1. The van der Waals surface area contributed by atoms with Crippen LogP contribution in [0.5, 0.6) is 0 Å². The normalized spacial score (nSPS) is 18.1. The lowest BCUT2D eigenvalue weighted by Crippen LogP contribution is -2.30. The summed E-state index contributed by atoms with van der Waals surface area (Å²) < 4.78 is 1.87. The van der Waals surface area contributed by atoms with Gasteiger partial charge in [-0.3, -0.25) is 4.90 Å². The van der Waals surface area contributed by atoms with Gasteiger partial charge in [0.05, 0.1) is 18.3 Å². The van der Waals surface area contributed by atoms with Crippen LogP contribution in [0.1, 0.15) is 30.3 Å². The molecule has 1 aromatic heterocycles. The average Bonchev–Trinajstić information content (AvgIpc) is 3.15. The smallest absolute Gasteiger partial charge is 0.407 e. The van der Waals surface area contributed by atoms with Gasteiger partial charge in [0.1, 0.15) is 5.82 Å². The number of rotatable bonds is 3. The molecule has 2 heterocycles. The van der Waals surface area contributed by atoms with Crippen molar-refractivity contribution >= 4 is 6.09 Å². The monoisotopic (exact) mass is 287 g/mol. The van der Waals surface area contributed by atoms with Crippen molar-refractivity contribution < 1.29 is 15.0 Å². The number of para-hydroxylation sites is 1. The molecule has 0 radical (unpaired) electrons. The maximum atomic E-state index is 11.3. The van der Waals surface area contributed by atoms with E-state index >= 15 is 0 Å². The fourth-order valence-electron chi connectivity index (χ4n) is 2.91. The molecule has 0 unspecified atom stereocenters. The molecule has 6 nitrogen and oxygen atoms in total. The Bertz CT molecular complexity index is 653. The molecule has 110 valence electrons. The van der Waals surface area contributed by atoms with Crippen LogP contribution in [0.4, 0.5) is 4.79 Å². The summed E-state index contributed by atoms with van der Waals surface area (Å²) in [6.07, 6.45) is 4.17. The Hall–Kier alpha value is -2.34. The molecule has 0 spiro atoms. The van der Waals surface area contributed by atoms with E-state index in [0.29, 0.717) is 12.4 Å². The molecule has 6 heteroatoms. The quantitative estimate of drug-likeness (QED) is 0.907. The van der Waals surface area contributed by atoms with E-state index in [0.717, 1.165) is 24.1 Å². The molecule has 1 aromatic carbocycles. The zero-order valence-corrected chi connectivity index (χ0v) is 11.5. The van der Waals surface area contributed by atoms with Gasteiger partial charge in [0.15, 0.2) is 0 Å². The summed E-state index contributed by atoms with van der Waals surface area (Å²) in [6.45, 7) is 0.468. The molecule has 21 heavy (non-hydrogen) atoms. The lowest BCUT2D eigenvalue weighted by Gasteiger charge is -2.22. The van der Waals surface area contributed by atoms with Gasteiger partial charge in [-0.1, -0.05) is 18.2 Å². The summed E-state index contributed by atoms with van der Waals surface area (Å²) in [5, 5.41) is 18.8. The van der Waals surface area contributed by atoms with E-state index in [1.54, 1.807) is 6.20 Å². The molecule has 3 rings (SSSR count). The highest BCUT2D eigenvalue weighted by molar-refractivity contribution is 5.66. The van der Waals surface area contributed by atoms with Gasteiger partial charge in [-0.15, -0.1) is 0 Å². The van der Waals surface area contributed by atoms with Crippen molar-refractivity contribution in [1.82, 2.24) is 14.5 Å². The second-order valence-corrected chi connectivity index (χ2v) is 5.08. The van der Waals surface area contributed by atoms with E-state index in [9.17, 15) is 15.0 Å². The first-order chi connectivity index (χ1) is 10.2. The molecule has 1 saturated heterocycles. The third kappa shape index (κ3) is 2.38. The number of aliphatic hydroxyl groups excluding tert-OH is 1. The van der Waals surface area contributed by atoms with Crippen LogP contribution in [0, 0.1) is 0 Å². The summed E-state index contributed by atoms with van der Waals surface area (Å²) in [5.74, 6) is 0.704. The minimum absolute atomic E-state index is 0.0683. The van der Waals surface area contributed by atoms with Crippen LogP contribution in [0.15, 0.2) is 36.7 Å². The van der Waals surface area contributed by atoms with Gasteiger partial charge in [0, 0.05) is 24.5 Å². The molecule has 0 bridgehead atoms. The van der Waals surface area contributed by atoms with Crippen LogP contribution in [-0.2, 0) is 6.61 Å². The van der Waals surface area contributed by atoms with Gasteiger partial charge in [-0.2, -0.15) is 0 Å². The Morgan fingerprint density at radius 3 is 2.95 bits per heavy atom. The third-order valence-corrected chi connectivity index (χ3v) is 3.89. The second-order valence-electron chi connectivity index (χ2n) is 5.08. The largest absolute Gasteiger partial charge is 0.465 e. The van der Waals surface area contributed by atoms with Crippen molar-refractivity contribution in [3.8, 4) is 5.69 Å². The van der Waals surface area contributed by atoms with E-state index in [4.69, 9.17) is 0 Å². The number of amides is 1.